The zero-order valence-electron chi connectivity index (χ0n) is 18.8. The van der Waals surface area contributed by atoms with Crippen LogP contribution in [-0.2, 0) is 9.59 Å². The number of amides is 4. The average molecular weight is 496 g/mol. The van der Waals surface area contributed by atoms with Gasteiger partial charge in [-0.15, -0.1) is 0 Å². The second-order valence-corrected chi connectivity index (χ2v) is 10.1. The van der Waals surface area contributed by atoms with E-state index in [2.05, 4.69) is 66.1 Å². The highest BCUT2D eigenvalue weighted by atomic mass is 79.9. The number of hydrogen-bond acceptors (Lipinski definition) is 4. The number of hydrogen-bond donors (Lipinski definition) is 1. The first-order chi connectivity index (χ1) is 15.0. The number of carbonyl (C=O) groups is 3. The van der Waals surface area contributed by atoms with Crippen molar-refractivity contribution in [3.05, 3.63) is 63.1 Å². The molecule has 1 N–H and O–H groups in total. The summed E-state index contributed by atoms with van der Waals surface area (Å²) in [6.45, 7) is 8.63. The number of benzene rings is 2. The molecular formula is C25H26BrN3O3. The Morgan fingerprint density at radius 1 is 1.12 bits per heavy atom. The van der Waals surface area contributed by atoms with Crippen LogP contribution in [0.15, 0.2) is 46.4 Å². The van der Waals surface area contributed by atoms with Crippen molar-refractivity contribution in [3.8, 4) is 0 Å². The predicted octanol–water partition coefficient (Wildman–Crippen LogP) is 5.15. The zero-order valence-corrected chi connectivity index (χ0v) is 20.4. The van der Waals surface area contributed by atoms with E-state index in [1.165, 1.54) is 11.3 Å². The fraction of sp³-hybridized carbons (Fsp3) is 0.320. The summed E-state index contributed by atoms with van der Waals surface area (Å²) in [6.07, 6.45) is 2.60. The molecular weight excluding hydrogens is 470 g/mol. The maximum atomic E-state index is 13.2. The molecule has 0 aliphatic carbocycles. The lowest BCUT2D eigenvalue weighted by Crippen LogP contribution is -2.54. The SMILES string of the molecule is Cc1cc2c(cc1/C=C1\C(=O)NC(=O)N(c3ccc(Br)cc3)C1=O)[C@@H](C)CC(C)(C)N2C. The molecule has 2 aromatic rings. The van der Waals surface area contributed by atoms with Crippen LogP contribution in [0.3, 0.4) is 0 Å². The number of barbiturate groups is 1. The van der Waals surface area contributed by atoms with Crippen LogP contribution in [0.4, 0.5) is 16.2 Å². The molecule has 1 atom stereocenters. The van der Waals surface area contributed by atoms with Crippen LogP contribution in [0.5, 0.6) is 0 Å². The summed E-state index contributed by atoms with van der Waals surface area (Å²) < 4.78 is 0.824. The lowest BCUT2D eigenvalue weighted by Gasteiger charge is -2.45. The minimum Gasteiger partial charge on any atom is -0.369 e. The van der Waals surface area contributed by atoms with Crippen molar-refractivity contribution in [2.75, 3.05) is 16.8 Å². The van der Waals surface area contributed by atoms with Crippen molar-refractivity contribution in [2.24, 2.45) is 0 Å². The van der Waals surface area contributed by atoms with Gasteiger partial charge in [0.15, 0.2) is 0 Å². The number of anilines is 2. The van der Waals surface area contributed by atoms with Crippen LogP contribution < -0.4 is 15.1 Å². The third-order valence-electron chi connectivity index (χ3n) is 6.51. The predicted molar refractivity (Wildman–Crippen MR) is 130 cm³/mol. The molecule has 2 aliphatic rings. The van der Waals surface area contributed by atoms with Crippen molar-refractivity contribution in [1.82, 2.24) is 5.32 Å². The summed E-state index contributed by atoms with van der Waals surface area (Å²) in [7, 11) is 2.10. The Bertz CT molecular complexity index is 1170. The van der Waals surface area contributed by atoms with Crippen LogP contribution in [0, 0.1) is 6.92 Å². The minimum absolute atomic E-state index is 0.0452. The number of imide groups is 2. The van der Waals surface area contributed by atoms with Gasteiger partial charge in [-0.25, -0.2) is 9.69 Å². The summed E-state index contributed by atoms with van der Waals surface area (Å²) in [5.74, 6) is -0.980. The number of urea groups is 1. The van der Waals surface area contributed by atoms with E-state index in [1.54, 1.807) is 30.3 Å². The van der Waals surface area contributed by atoms with Crippen LogP contribution >= 0.6 is 15.9 Å². The van der Waals surface area contributed by atoms with E-state index in [-0.39, 0.29) is 11.1 Å². The van der Waals surface area contributed by atoms with Crippen molar-refractivity contribution in [3.63, 3.8) is 0 Å². The van der Waals surface area contributed by atoms with Gasteiger partial charge in [0, 0.05) is 22.7 Å². The third kappa shape index (κ3) is 3.75. The van der Waals surface area contributed by atoms with Crippen molar-refractivity contribution >= 4 is 51.2 Å². The van der Waals surface area contributed by atoms with Gasteiger partial charge in [0.2, 0.25) is 0 Å². The van der Waals surface area contributed by atoms with Crippen molar-refractivity contribution in [2.45, 2.75) is 45.6 Å². The van der Waals surface area contributed by atoms with Crippen LogP contribution in [-0.4, -0.2) is 30.4 Å². The third-order valence-corrected chi connectivity index (χ3v) is 7.04. The number of nitrogens with one attached hydrogen (secondary N) is 1. The molecule has 6 nitrogen and oxygen atoms in total. The maximum Gasteiger partial charge on any atom is 0.335 e. The fourth-order valence-electron chi connectivity index (χ4n) is 4.53. The average Bonchev–Trinajstić information content (AvgIpc) is 2.71. The Hall–Kier alpha value is -2.93. The van der Waals surface area contributed by atoms with Gasteiger partial charge < -0.3 is 4.90 Å². The highest BCUT2D eigenvalue weighted by Crippen LogP contribution is 2.43. The molecule has 4 rings (SSSR count). The Morgan fingerprint density at radius 3 is 2.44 bits per heavy atom. The summed E-state index contributed by atoms with van der Waals surface area (Å²) in [4.78, 5) is 41.5. The first kappa shape index (κ1) is 22.3. The van der Waals surface area contributed by atoms with Crippen LogP contribution in [0.2, 0.25) is 0 Å². The lowest BCUT2D eigenvalue weighted by molar-refractivity contribution is -0.122. The molecule has 0 radical (unpaired) electrons. The molecule has 0 saturated carbocycles. The van der Waals surface area contributed by atoms with Crippen molar-refractivity contribution in [1.29, 1.82) is 0 Å². The largest absolute Gasteiger partial charge is 0.369 e. The fourth-order valence-corrected chi connectivity index (χ4v) is 4.79. The molecule has 1 fully saturated rings. The van der Waals surface area contributed by atoms with Gasteiger partial charge in [0.1, 0.15) is 5.57 Å². The Kier molecular flexibility index (Phi) is 5.49. The molecule has 1 saturated heterocycles. The second-order valence-electron chi connectivity index (χ2n) is 9.18. The summed E-state index contributed by atoms with van der Waals surface area (Å²) in [5.41, 5.74) is 4.49. The summed E-state index contributed by atoms with van der Waals surface area (Å²) >= 11 is 3.35. The number of carbonyl (C=O) groups excluding carboxylic acids is 3. The number of halogens is 1. The van der Waals surface area contributed by atoms with E-state index in [9.17, 15) is 14.4 Å². The van der Waals surface area contributed by atoms with Gasteiger partial charge >= 0.3 is 6.03 Å². The normalized spacial score (nSPS) is 21.6. The molecule has 2 aliphatic heterocycles. The molecule has 7 heteroatoms. The highest BCUT2D eigenvalue weighted by molar-refractivity contribution is 9.10. The standard InChI is InChI=1S/C25H26BrN3O3/c1-14-10-21-19(15(2)13-25(3,4)28(21)5)11-16(14)12-20-22(30)27-24(32)29(23(20)31)18-8-6-17(26)7-9-18/h6-12,15H,13H2,1-5H3,(H,27,30,32)/b20-12+/t15-/m0/s1. The zero-order chi connectivity index (χ0) is 23.4. The molecule has 32 heavy (non-hydrogen) atoms. The summed E-state index contributed by atoms with van der Waals surface area (Å²) in [6, 6.07) is 10.2. The molecule has 2 heterocycles. The Labute approximate surface area is 196 Å². The number of rotatable bonds is 2. The second kappa shape index (κ2) is 7.89. The van der Waals surface area contributed by atoms with Gasteiger partial charge in [-0.3, -0.25) is 14.9 Å². The summed E-state index contributed by atoms with van der Waals surface area (Å²) in [5, 5.41) is 2.29. The maximum absolute atomic E-state index is 13.2. The molecule has 0 bridgehead atoms. The first-order valence-corrected chi connectivity index (χ1v) is 11.3. The quantitative estimate of drug-likeness (QED) is 0.462. The van der Waals surface area contributed by atoms with Gasteiger partial charge in [-0.05, 0) is 92.3 Å². The van der Waals surface area contributed by atoms with Gasteiger partial charge in [0.05, 0.1) is 5.69 Å². The Morgan fingerprint density at radius 2 is 1.78 bits per heavy atom. The van der Waals surface area contributed by atoms with Gasteiger partial charge in [-0.1, -0.05) is 22.9 Å². The van der Waals surface area contributed by atoms with Crippen LogP contribution in [0.1, 0.15) is 49.8 Å². The van der Waals surface area contributed by atoms with E-state index >= 15 is 0 Å². The van der Waals surface area contributed by atoms with E-state index in [0.29, 0.717) is 11.6 Å². The van der Waals surface area contributed by atoms with E-state index < -0.39 is 17.8 Å². The highest BCUT2D eigenvalue weighted by Gasteiger charge is 2.38. The smallest absolute Gasteiger partial charge is 0.335 e. The molecule has 166 valence electrons. The van der Waals surface area contributed by atoms with Crippen molar-refractivity contribution < 1.29 is 14.4 Å². The molecule has 0 spiro atoms. The minimum atomic E-state index is -0.751. The van der Waals surface area contributed by atoms with E-state index in [0.717, 1.165) is 26.9 Å². The number of fused-ring (bicyclic) bond motifs is 1. The van der Waals surface area contributed by atoms with E-state index in [1.807, 2.05) is 6.92 Å². The molecule has 0 aromatic heterocycles. The monoisotopic (exact) mass is 495 g/mol. The topological polar surface area (TPSA) is 69.7 Å². The Balaban J connectivity index is 1.77. The number of aryl methyl sites for hydroxylation is 1. The first-order valence-electron chi connectivity index (χ1n) is 10.5. The lowest BCUT2D eigenvalue weighted by atomic mass is 9.79. The van der Waals surface area contributed by atoms with Gasteiger partial charge in [0.25, 0.3) is 11.8 Å². The van der Waals surface area contributed by atoms with Crippen LogP contribution in [0.25, 0.3) is 6.08 Å². The molecule has 4 amide bonds. The number of nitrogens with zero attached hydrogens (tertiary/aromatic N) is 2. The van der Waals surface area contributed by atoms with Gasteiger partial charge in [-0.2, -0.15) is 0 Å². The molecule has 0 unspecified atom stereocenters. The van der Waals surface area contributed by atoms with E-state index in [4.69, 9.17) is 0 Å². The molecule has 2 aromatic carbocycles.